The van der Waals surface area contributed by atoms with E-state index in [1.54, 1.807) is 0 Å². The van der Waals surface area contributed by atoms with E-state index in [-0.39, 0.29) is 12.4 Å². The molecule has 0 bridgehead atoms. The van der Waals surface area contributed by atoms with Crippen LogP contribution in [0, 0.1) is 0 Å². The number of halogens is 3. The molecule has 5 heteroatoms. The summed E-state index contributed by atoms with van der Waals surface area (Å²) in [6.07, 6.45) is -0.612. The van der Waals surface area contributed by atoms with Crippen LogP contribution in [0.5, 0.6) is 0 Å². The fourth-order valence-electron chi connectivity index (χ4n) is 1.05. The van der Waals surface area contributed by atoms with E-state index in [1.807, 2.05) is 0 Å². The topological polar surface area (TPSA) is 26.3 Å². The third-order valence-electron chi connectivity index (χ3n) is 1.75. The summed E-state index contributed by atoms with van der Waals surface area (Å²) in [5, 5.41) is 0. The van der Waals surface area contributed by atoms with Crippen LogP contribution in [-0.4, -0.2) is 12.4 Å². The lowest BCUT2D eigenvalue weighted by Crippen LogP contribution is -1.93. The van der Waals surface area contributed by atoms with E-state index >= 15 is 0 Å². The first-order valence-electron chi connectivity index (χ1n) is 4.15. The first kappa shape index (κ1) is 10.8. The third kappa shape index (κ3) is 3.24. The van der Waals surface area contributed by atoms with E-state index in [0.29, 0.717) is 18.6 Å². The number of ketones is 1. The van der Waals surface area contributed by atoms with Crippen LogP contribution in [0.25, 0.3) is 0 Å². The van der Waals surface area contributed by atoms with Crippen LogP contribution in [0.3, 0.4) is 0 Å². The number of rotatable bonds is 4. The number of hydrogen-bond donors (Lipinski definition) is 0. The standard InChI is InChI=1S/C9H9F3O2/c10-8(9(11)12)3-4-14-7-2-1-6(13)5-7/h5H,1-4H2. The molecule has 0 aromatic carbocycles. The van der Waals surface area contributed by atoms with Gasteiger partial charge in [-0.3, -0.25) is 4.79 Å². The van der Waals surface area contributed by atoms with Gasteiger partial charge in [-0.1, -0.05) is 0 Å². The Bertz CT molecular complexity index is 290. The van der Waals surface area contributed by atoms with Gasteiger partial charge < -0.3 is 4.74 Å². The highest BCUT2D eigenvalue weighted by molar-refractivity contribution is 5.92. The van der Waals surface area contributed by atoms with Crippen molar-refractivity contribution in [3.8, 4) is 0 Å². The molecule has 0 N–H and O–H groups in total. The van der Waals surface area contributed by atoms with Crippen LogP contribution in [0.15, 0.2) is 23.7 Å². The normalized spacial score (nSPS) is 15.4. The molecule has 0 fully saturated rings. The van der Waals surface area contributed by atoms with E-state index in [0.717, 1.165) is 0 Å². The highest BCUT2D eigenvalue weighted by Gasteiger charge is 2.13. The maximum atomic E-state index is 12.2. The lowest BCUT2D eigenvalue weighted by molar-refractivity contribution is -0.114. The molecule has 0 heterocycles. The summed E-state index contributed by atoms with van der Waals surface area (Å²) in [6, 6.07) is 0. The molecule has 0 aromatic heterocycles. The molecule has 0 aromatic rings. The zero-order valence-corrected chi connectivity index (χ0v) is 7.36. The Morgan fingerprint density at radius 2 is 2.07 bits per heavy atom. The molecular formula is C9H9F3O2. The van der Waals surface area contributed by atoms with Crippen molar-refractivity contribution in [2.45, 2.75) is 19.3 Å². The second-order valence-corrected chi connectivity index (χ2v) is 2.84. The summed E-state index contributed by atoms with van der Waals surface area (Å²) in [5.74, 6) is -1.07. The molecule has 78 valence electrons. The molecule has 0 aliphatic heterocycles. The molecular weight excluding hydrogens is 197 g/mol. The van der Waals surface area contributed by atoms with Crippen LogP contribution < -0.4 is 0 Å². The fraction of sp³-hybridized carbons (Fsp3) is 0.444. The fourth-order valence-corrected chi connectivity index (χ4v) is 1.05. The van der Waals surface area contributed by atoms with Crippen molar-refractivity contribution < 1.29 is 22.7 Å². The zero-order chi connectivity index (χ0) is 10.6. The molecule has 1 aliphatic rings. The Labute approximate surface area is 79.0 Å². The average Bonchev–Trinajstić information content (AvgIpc) is 2.51. The molecule has 0 unspecified atom stereocenters. The summed E-state index contributed by atoms with van der Waals surface area (Å²) in [6.45, 7) is -0.164. The van der Waals surface area contributed by atoms with Gasteiger partial charge in [0.2, 0.25) is 0 Å². The van der Waals surface area contributed by atoms with Gasteiger partial charge in [-0.05, 0) is 0 Å². The SMILES string of the molecule is O=C1C=C(OCCC(F)=C(F)F)CC1. The van der Waals surface area contributed by atoms with E-state index < -0.39 is 18.3 Å². The second-order valence-electron chi connectivity index (χ2n) is 2.84. The van der Waals surface area contributed by atoms with Crippen LogP contribution in [-0.2, 0) is 9.53 Å². The first-order chi connectivity index (χ1) is 6.59. The van der Waals surface area contributed by atoms with Gasteiger partial charge in [-0.25, -0.2) is 4.39 Å². The summed E-state index contributed by atoms with van der Waals surface area (Å²) in [5.41, 5.74) is 0. The van der Waals surface area contributed by atoms with Gasteiger partial charge in [0.25, 0.3) is 0 Å². The highest BCUT2D eigenvalue weighted by atomic mass is 19.3. The van der Waals surface area contributed by atoms with E-state index in [9.17, 15) is 18.0 Å². The van der Waals surface area contributed by atoms with Gasteiger partial charge in [0.15, 0.2) is 11.6 Å². The molecule has 2 nitrogen and oxygen atoms in total. The predicted molar refractivity (Wildman–Crippen MR) is 43.2 cm³/mol. The Balaban J connectivity index is 2.26. The van der Waals surface area contributed by atoms with Crippen molar-refractivity contribution in [3.63, 3.8) is 0 Å². The molecule has 0 amide bonds. The monoisotopic (exact) mass is 206 g/mol. The molecule has 1 rings (SSSR count). The molecule has 0 atom stereocenters. The Morgan fingerprint density at radius 3 is 2.57 bits per heavy atom. The van der Waals surface area contributed by atoms with Crippen LogP contribution in [0.1, 0.15) is 19.3 Å². The van der Waals surface area contributed by atoms with Crippen molar-refractivity contribution in [2.24, 2.45) is 0 Å². The maximum absolute atomic E-state index is 12.2. The van der Waals surface area contributed by atoms with Gasteiger partial charge in [-0.15, -0.1) is 0 Å². The molecule has 0 saturated carbocycles. The summed E-state index contributed by atoms with van der Waals surface area (Å²) in [4.78, 5) is 10.7. The minimum Gasteiger partial charge on any atom is -0.497 e. The number of allylic oxidation sites excluding steroid dienone is 2. The Kier molecular flexibility index (Phi) is 3.73. The van der Waals surface area contributed by atoms with Gasteiger partial charge >= 0.3 is 6.08 Å². The quantitative estimate of drug-likeness (QED) is 0.706. The van der Waals surface area contributed by atoms with Crippen molar-refractivity contribution in [3.05, 3.63) is 23.7 Å². The molecule has 14 heavy (non-hydrogen) atoms. The molecule has 0 saturated heterocycles. The number of ether oxygens (including phenoxy) is 1. The van der Waals surface area contributed by atoms with Crippen molar-refractivity contribution in [2.75, 3.05) is 6.61 Å². The van der Waals surface area contributed by atoms with Crippen molar-refractivity contribution in [1.29, 1.82) is 0 Å². The Morgan fingerprint density at radius 1 is 1.36 bits per heavy atom. The van der Waals surface area contributed by atoms with Crippen LogP contribution in [0.4, 0.5) is 13.2 Å². The van der Waals surface area contributed by atoms with E-state index in [2.05, 4.69) is 0 Å². The van der Waals surface area contributed by atoms with E-state index in [1.165, 1.54) is 6.08 Å². The zero-order valence-electron chi connectivity index (χ0n) is 7.36. The number of hydrogen-bond acceptors (Lipinski definition) is 2. The number of carbonyl (C=O) groups is 1. The minimum absolute atomic E-state index is 0.0484. The summed E-state index contributed by atoms with van der Waals surface area (Å²) in [7, 11) is 0. The molecule has 0 spiro atoms. The number of carbonyl (C=O) groups excluding carboxylic acids is 1. The van der Waals surface area contributed by atoms with Crippen LogP contribution in [0.2, 0.25) is 0 Å². The van der Waals surface area contributed by atoms with Crippen LogP contribution >= 0.6 is 0 Å². The van der Waals surface area contributed by atoms with Crippen molar-refractivity contribution >= 4 is 5.78 Å². The van der Waals surface area contributed by atoms with Gasteiger partial charge in [-0.2, -0.15) is 8.78 Å². The smallest absolute Gasteiger partial charge is 0.301 e. The lowest BCUT2D eigenvalue weighted by Gasteiger charge is -2.04. The summed E-state index contributed by atoms with van der Waals surface area (Å²) < 4.78 is 40.3. The lowest BCUT2D eigenvalue weighted by atomic mass is 10.3. The molecule has 1 aliphatic carbocycles. The Hall–Kier alpha value is -1.26. The summed E-state index contributed by atoms with van der Waals surface area (Å²) >= 11 is 0. The maximum Gasteiger partial charge on any atom is 0.301 e. The van der Waals surface area contributed by atoms with Gasteiger partial charge in [0.1, 0.15) is 0 Å². The molecule has 0 radical (unpaired) electrons. The van der Waals surface area contributed by atoms with Gasteiger partial charge in [0.05, 0.1) is 12.4 Å². The largest absolute Gasteiger partial charge is 0.497 e. The minimum atomic E-state index is -2.31. The van der Waals surface area contributed by atoms with E-state index in [4.69, 9.17) is 4.74 Å². The van der Waals surface area contributed by atoms with Gasteiger partial charge in [0, 0.05) is 25.3 Å². The second kappa shape index (κ2) is 4.83. The van der Waals surface area contributed by atoms with Crippen molar-refractivity contribution in [1.82, 2.24) is 0 Å². The first-order valence-corrected chi connectivity index (χ1v) is 4.15. The highest BCUT2D eigenvalue weighted by Crippen LogP contribution is 2.18. The third-order valence-corrected chi connectivity index (χ3v) is 1.75. The average molecular weight is 206 g/mol. The predicted octanol–water partition coefficient (Wildman–Crippen LogP) is 2.72.